The van der Waals surface area contributed by atoms with Gasteiger partial charge in [0.1, 0.15) is 0 Å². The molecular formula is C14H18BrN3O. The average molecular weight is 324 g/mol. The predicted molar refractivity (Wildman–Crippen MR) is 78.9 cm³/mol. The lowest BCUT2D eigenvalue weighted by Gasteiger charge is -2.05. The predicted octanol–water partition coefficient (Wildman–Crippen LogP) is 3.43. The van der Waals surface area contributed by atoms with Crippen molar-refractivity contribution in [3.63, 3.8) is 0 Å². The van der Waals surface area contributed by atoms with E-state index in [1.165, 1.54) is 0 Å². The van der Waals surface area contributed by atoms with Crippen molar-refractivity contribution < 1.29 is 4.52 Å². The Morgan fingerprint density at radius 1 is 1.32 bits per heavy atom. The van der Waals surface area contributed by atoms with Gasteiger partial charge in [0.25, 0.3) is 0 Å². The number of hydrogen-bond donors (Lipinski definition) is 1. The van der Waals surface area contributed by atoms with E-state index in [1.54, 1.807) is 0 Å². The monoisotopic (exact) mass is 323 g/mol. The van der Waals surface area contributed by atoms with Crippen molar-refractivity contribution >= 4 is 15.9 Å². The Morgan fingerprint density at radius 3 is 2.84 bits per heavy atom. The molecule has 0 saturated heterocycles. The molecule has 0 spiro atoms. The Labute approximate surface area is 121 Å². The van der Waals surface area contributed by atoms with Crippen molar-refractivity contribution in [2.75, 3.05) is 6.54 Å². The van der Waals surface area contributed by atoms with E-state index in [1.807, 2.05) is 24.3 Å². The molecule has 1 N–H and O–H groups in total. The molecule has 2 aromatic rings. The molecular weight excluding hydrogens is 306 g/mol. The molecule has 1 aromatic carbocycles. The maximum atomic E-state index is 5.27. The highest BCUT2D eigenvalue weighted by Crippen LogP contribution is 2.25. The molecule has 0 radical (unpaired) electrons. The van der Waals surface area contributed by atoms with Gasteiger partial charge in [0, 0.05) is 22.5 Å². The lowest BCUT2D eigenvalue weighted by molar-refractivity contribution is 0.374. The molecule has 2 rings (SSSR count). The van der Waals surface area contributed by atoms with Crippen LogP contribution < -0.4 is 5.32 Å². The second-order valence-corrected chi connectivity index (χ2v) is 5.56. The van der Waals surface area contributed by atoms with Crippen LogP contribution in [0.25, 0.3) is 11.4 Å². The highest BCUT2D eigenvalue weighted by molar-refractivity contribution is 9.10. The summed E-state index contributed by atoms with van der Waals surface area (Å²) in [4.78, 5) is 4.42. The summed E-state index contributed by atoms with van der Waals surface area (Å²) in [5, 5.41) is 7.39. The van der Waals surface area contributed by atoms with E-state index in [9.17, 15) is 0 Å². The molecule has 0 unspecified atom stereocenters. The van der Waals surface area contributed by atoms with Gasteiger partial charge in [-0.15, -0.1) is 0 Å². The number of aromatic nitrogens is 2. The van der Waals surface area contributed by atoms with Gasteiger partial charge >= 0.3 is 0 Å². The van der Waals surface area contributed by atoms with Gasteiger partial charge in [0.15, 0.2) is 0 Å². The third-order valence-corrected chi connectivity index (χ3v) is 3.39. The molecule has 0 aliphatic rings. The first-order chi connectivity index (χ1) is 9.16. The molecule has 19 heavy (non-hydrogen) atoms. The summed E-state index contributed by atoms with van der Waals surface area (Å²) in [6.45, 7) is 5.24. The van der Waals surface area contributed by atoms with E-state index in [2.05, 4.69) is 45.2 Å². The van der Waals surface area contributed by atoms with Crippen LogP contribution in [0.2, 0.25) is 0 Å². The van der Waals surface area contributed by atoms with Crippen LogP contribution in [0.5, 0.6) is 0 Å². The molecule has 0 aliphatic heterocycles. The van der Waals surface area contributed by atoms with Crippen molar-refractivity contribution in [3.05, 3.63) is 34.6 Å². The second-order valence-electron chi connectivity index (χ2n) is 4.70. The standard InChI is InChI=1S/C14H18BrN3O/c1-10(2)16-9-5-8-13-17-14(18-19-13)11-6-3-4-7-12(11)15/h3-4,6-7,10,16H,5,8-9H2,1-2H3. The van der Waals surface area contributed by atoms with Gasteiger partial charge in [-0.2, -0.15) is 4.98 Å². The fraction of sp³-hybridized carbons (Fsp3) is 0.429. The van der Waals surface area contributed by atoms with Gasteiger partial charge in [-0.3, -0.25) is 0 Å². The minimum absolute atomic E-state index is 0.513. The van der Waals surface area contributed by atoms with Crippen molar-refractivity contribution in [3.8, 4) is 11.4 Å². The van der Waals surface area contributed by atoms with Crippen LogP contribution in [0.15, 0.2) is 33.3 Å². The maximum Gasteiger partial charge on any atom is 0.227 e. The summed E-state index contributed by atoms with van der Waals surface area (Å²) >= 11 is 3.49. The van der Waals surface area contributed by atoms with E-state index >= 15 is 0 Å². The first-order valence-electron chi connectivity index (χ1n) is 6.47. The van der Waals surface area contributed by atoms with E-state index in [-0.39, 0.29) is 0 Å². The third kappa shape index (κ3) is 4.14. The highest BCUT2D eigenvalue weighted by atomic mass is 79.9. The van der Waals surface area contributed by atoms with Gasteiger partial charge in [-0.05, 0) is 25.1 Å². The molecule has 4 nitrogen and oxygen atoms in total. The fourth-order valence-corrected chi connectivity index (χ4v) is 2.20. The Morgan fingerprint density at radius 2 is 2.11 bits per heavy atom. The maximum absolute atomic E-state index is 5.27. The molecule has 1 heterocycles. The lowest BCUT2D eigenvalue weighted by atomic mass is 10.2. The number of rotatable bonds is 6. The Balaban J connectivity index is 1.94. The van der Waals surface area contributed by atoms with E-state index in [0.717, 1.165) is 29.4 Å². The van der Waals surface area contributed by atoms with Crippen LogP contribution in [0, 0.1) is 0 Å². The molecule has 0 fully saturated rings. The Hall–Kier alpha value is -1.20. The summed E-state index contributed by atoms with van der Waals surface area (Å²) in [7, 11) is 0. The number of hydrogen-bond acceptors (Lipinski definition) is 4. The quantitative estimate of drug-likeness (QED) is 0.827. The second kappa shape index (κ2) is 6.82. The van der Waals surface area contributed by atoms with E-state index in [4.69, 9.17) is 4.52 Å². The number of halogens is 1. The number of benzene rings is 1. The molecule has 1 aromatic heterocycles. The Kier molecular flexibility index (Phi) is 5.10. The van der Waals surface area contributed by atoms with Gasteiger partial charge in [0.05, 0.1) is 0 Å². The van der Waals surface area contributed by atoms with Crippen LogP contribution in [-0.4, -0.2) is 22.7 Å². The summed E-state index contributed by atoms with van der Waals surface area (Å²) in [5.41, 5.74) is 0.956. The molecule has 102 valence electrons. The molecule has 5 heteroatoms. The first-order valence-corrected chi connectivity index (χ1v) is 7.27. The van der Waals surface area contributed by atoms with Crippen LogP contribution in [0.3, 0.4) is 0 Å². The van der Waals surface area contributed by atoms with E-state index < -0.39 is 0 Å². The van der Waals surface area contributed by atoms with Gasteiger partial charge in [-0.1, -0.05) is 47.1 Å². The molecule has 0 bridgehead atoms. The van der Waals surface area contributed by atoms with Crippen molar-refractivity contribution in [2.24, 2.45) is 0 Å². The smallest absolute Gasteiger partial charge is 0.227 e. The highest BCUT2D eigenvalue weighted by Gasteiger charge is 2.10. The molecule has 0 saturated carbocycles. The minimum Gasteiger partial charge on any atom is -0.339 e. The van der Waals surface area contributed by atoms with Crippen LogP contribution in [0.4, 0.5) is 0 Å². The zero-order valence-corrected chi connectivity index (χ0v) is 12.8. The topological polar surface area (TPSA) is 51.0 Å². The van der Waals surface area contributed by atoms with Crippen molar-refractivity contribution in [1.82, 2.24) is 15.5 Å². The number of aryl methyl sites for hydroxylation is 1. The van der Waals surface area contributed by atoms with Gasteiger partial charge in [0.2, 0.25) is 11.7 Å². The van der Waals surface area contributed by atoms with Gasteiger partial charge < -0.3 is 9.84 Å². The van der Waals surface area contributed by atoms with Gasteiger partial charge in [-0.25, -0.2) is 0 Å². The summed E-state index contributed by atoms with van der Waals surface area (Å²) in [6, 6.07) is 8.38. The van der Waals surface area contributed by atoms with Crippen LogP contribution in [0.1, 0.15) is 26.2 Å². The largest absolute Gasteiger partial charge is 0.339 e. The van der Waals surface area contributed by atoms with Crippen LogP contribution >= 0.6 is 15.9 Å². The zero-order valence-electron chi connectivity index (χ0n) is 11.2. The SMILES string of the molecule is CC(C)NCCCc1nc(-c2ccccc2Br)no1. The number of nitrogens with one attached hydrogen (secondary N) is 1. The molecule has 0 amide bonds. The lowest BCUT2D eigenvalue weighted by Crippen LogP contribution is -2.23. The minimum atomic E-state index is 0.513. The Bertz CT molecular complexity index is 525. The summed E-state index contributed by atoms with van der Waals surface area (Å²) in [5.74, 6) is 1.33. The third-order valence-electron chi connectivity index (χ3n) is 2.70. The summed E-state index contributed by atoms with van der Waals surface area (Å²) < 4.78 is 6.25. The average Bonchev–Trinajstić information content (AvgIpc) is 2.83. The van der Waals surface area contributed by atoms with Crippen LogP contribution in [-0.2, 0) is 6.42 Å². The summed E-state index contributed by atoms with van der Waals surface area (Å²) in [6.07, 6.45) is 1.80. The zero-order chi connectivity index (χ0) is 13.7. The molecule has 0 aliphatic carbocycles. The molecule has 0 atom stereocenters. The van der Waals surface area contributed by atoms with E-state index in [0.29, 0.717) is 17.8 Å². The normalized spacial score (nSPS) is 11.2. The van der Waals surface area contributed by atoms with Crippen molar-refractivity contribution in [1.29, 1.82) is 0 Å². The van der Waals surface area contributed by atoms with Crippen molar-refractivity contribution in [2.45, 2.75) is 32.7 Å². The fourth-order valence-electron chi connectivity index (χ4n) is 1.74. The number of nitrogens with zero attached hydrogens (tertiary/aromatic N) is 2. The first kappa shape index (κ1) is 14.2.